The normalized spacial score (nSPS) is 7.50. The van der Waals surface area contributed by atoms with Crippen molar-refractivity contribution in [1.29, 1.82) is 0 Å². The molecule has 0 saturated heterocycles. The lowest BCUT2D eigenvalue weighted by molar-refractivity contribution is -0.114. The number of rotatable bonds is 3. The maximum absolute atomic E-state index is 10.1. The molecule has 0 saturated carbocycles. The minimum Gasteiger partial charge on any atom is -0.364 e. The molecule has 0 fully saturated rings. The molecule has 0 aromatic rings. The Kier molecular flexibility index (Phi) is 2.40. The van der Waals surface area contributed by atoms with E-state index in [-0.39, 0.29) is 5.70 Å². The highest BCUT2D eigenvalue weighted by Gasteiger charge is 1.93. The van der Waals surface area contributed by atoms with Crippen molar-refractivity contribution in [2.24, 2.45) is 5.73 Å². The van der Waals surface area contributed by atoms with Gasteiger partial charge < -0.3 is 11.1 Å². The van der Waals surface area contributed by atoms with Gasteiger partial charge in [-0.25, -0.2) is 0 Å². The summed E-state index contributed by atoms with van der Waals surface area (Å²) in [6, 6.07) is 0. The predicted molar refractivity (Wildman–Crippen MR) is 31.7 cm³/mol. The third-order valence-electron chi connectivity index (χ3n) is 0.574. The van der Waals surface area contributed by atoms with Crippen LogP contribution in [0.1, 0.15) is 0 Å². The SMILES string of the molecule is C=CNC(=C)C(N)=O. The van der Waals surface area contributed by atoms with Crippen molar-refractivity contribution < 1.29 is 4.79 Å². The van der Waals surface area contributed by atoms with Crippen molar-refractivity contribution in [3.8, 4) is 0 Å². The Morgan fingerprint density at radius 2 is 2.25 bits per heavy atom. The zero-order valence-electron chi connectivity index (χ0n) is 4.48. The van der Waals surface area contributed by atoms with Crippen LogP contribution < -0.4 is 11.1 Å². The van der Waals surface area contributed by atoms with Crippen LogP contribution in [0.2, 0.25) is 0 Å². The number of carbonyl (C=O) groups excluding carboxylic acids is 1. The van der Waals surface area contributed by atoms with Crippen molar-refractivity contribution in [1.82, 2.24) is 5.32 Å². The molecular weight excluding hydrogens is 104 g/mol. The zero-order chi connectivity index (χ0) is 6.57. The highest BCUT2D eigenvalue weighted by Crippen LogP contribution is 1.76. The van der Waals surface area contributed by atoms with E-state index in [1.54, 1.807) is 0 Å². The molecule has 3 nitrogen and oxygen atoms in total. The summed E-state index contributed by atoms with van der Waals surface area (Å²) in [5, 5.41) is 2.44. The first kappa shape index (κ1) is 6.75. The second kappa shape index (κ2) is 2.85. The lowest BCUT2D eigenvalue weighted by atomic mass is 10.5. The molecule has 0 atom stereocenters. The maximum atomic E-state index is 10.1. The molecule has 0 heterocycles. The molecule has 0 unspecified atom stereocenters. The van der Waals surface area contributed by atoms with Crippen molar-refractivity contribution in [3.63, 3.8) is 0 Å². The molecule has 0 bridgehead atoms. The van der Waals surface area contributed by atoms with Gasteiger partial charge in [0.2, 0.25) is 0 Å². The number of amides is 1. The quantitative estimate of drug-likeness (QED) is 0.493. The van der Waals surface area contributed by atoms with E-state index in [0.29, 0.717) is 0 Å². The summed E-state index contributed by atoms with van der Waals surface area (Å²) in [4.78, 5) is 10.1. The summed E-state index contributed by atoms with van der Waals surface area (Å²) in [5.74, 6) is -0.565. The van der Waals surface area contributed by atoms with Gasteiger partial charge in [-0.2, -0.15) is 0 Å². The summed E-state index contributed by atoms with van der Waals surface area (Å²) in [5.41, 5.74) is 4.93. The first-order chi connectivity index (χ1) is 3.68. The Balaban J connectivity index is 3.65. The monoisotopic (exact) mass is 112 g/mol. The van der Waals surface area contributed by atoms with Gasteiger partial charge in [-0.15, -0.1) is 0 Å². The number of nitrogens with two attached hydrogens (primary N) is 1. The van der Waals surface area contributed by atoms with Gasteiger partial charge in [-0.3, -0.25) is 4.79 Å². The van der Waals surface area contributed by atoms with E-state index >= 15 is 0 Å². The van der Waals surface area contributed by atoms with Crippen LogP contribution in [0.25, 0.3) is 0 Å². The fourth-order valence-electron chi connectivity index (χ4n) is 0.194. The van der Waals surface area contributed by atoms with E-state index in [0.717, 1.165) is 0 Å². The van der Waals surface area contributed by atoms with Crippen LogP contribution in [-0.4, -0.2) is 5.91 Å². The molecule has 0 radical (unpaired) electrons. The van der Waals surface area contributed by atoms with Crippen LogP contribution in [0.3, 0.4) is 0 Å². The molecule has 3 heteroatoms. The topological polar surface area (TPSA) is 55.1 Å². The highest BCUT2D eigenvalue weighted by atomic mass is 16.1. The molecule has 3 N–H and O–H groups in total. The number of carbonyl (C=O) groups is 1. The van der Waals surface area contributed by atoms with Crippen LogP contribution in [-0.2, 0) is 4.79 Å². The predicted octanol–water partition coefficient (Wildman–Crippen LogP) is -0.281. The van der Waals surface area contributed by atoms with Crippen LogP contribution in [0, 0.1) is 0 Å². The Labute approximate surface area is 47.9 Å². The fraction of sp³-hybridized carbons (Fsp3) is 0. The van der Waals surface area contributed by atoms with Crippen LogP contribution in [0.5, 0.6) is 0 Å². The minimum atomic E-state index is -0.565. The summed E-state index contributed by atoms with van der Waals surface area (Å²) < 4.78 is 0. The summed E-state index contributed by atoms with van der Waals surface area (Å²) in [6.07, 6.45) is 1.34. The summed E-state index contributed by atoms with van der Waals surface area (Å²) in [6.45, 7) is 6.59. The second-order valence-corrected chi connectivity index (χ2v) is 1.19. The van der Waals surface area contributed by atoms with Crippen LogP contribution >= 0.6 is 0 Å². The first-order valence-corrected chi connectivity index (χ1v) is 2.04. The largest absolute Gasteiger partial charge is 0.364 e. The van der Waals surface area contributed by atoms with Gasteiger partial charge >= 0.3 is 0 Å². The fourth-order valence-corrected chi connectivity index (χ4v) is 0.194. The lowest BCUT2D eigenvalue weighted by Crippen LogP contribution is -2.21. The van der Waals surface area contributed by atoms with Gasteiger partial charge in [0.25, 0.3) is 5.91 Å². The van der Waals surface area contributed by atoms with Gasteiger partial charge in [0.05, 0.1) is 5.70 Å². The molecule has 0 aliphatic heterocycles. The smallest absolute Gasteiger partial charge is 0.264 e. The molecule has 0 aromatic carbocycles. The minimum absolute atomic E-state index is 0.153. The van der Waals surface area contributed by atoms with Crippen LogP contribution in [0.4, 0.5) is 0 Å². The average molecular weight is 112 g/mol. The third kappa shape index (κ3) is 2.02. The van der Waals surface area contributed by atoms with Gasteiger partial charge in [0.1, 0.15) is 0 Å². The van der Waals surface area contributed by atoms with Crippen LogP contribution in [0.15, 0.2) is 25.1 Å². The molecule has 8 heavy (non-hydrogen) atoms. The Morgan fingerprint density at radius 1 is 1.75 bits per heavy atom. The number of hydrogen-bond acceptors (Lipinski definition) is 2. The Bertz CT molecular complexity index is 128. The van der Waals surface area contributed by atoms with Gasteiger partial charge in [-0.05, 0) is 6.20 Å². The van der Waals surface area contributed by atoms with E-state index in [9.17, 15) is 4.79 Å². The van der Waals surface area contributed by atoms with Crippen molar-refractivity contribution in [3.05, 3.63) is 25.1 Å². The molecule has 0 aliphatic rings. The molecule has 44 valence electrons. The summed E-state index contributed by atoms with van der Waals surface area (Å²) in [7, 11) is 0. The van der Waals surface area contributed by atoms with E-state index in [4.69, 9.17) is 5.73 Å². The molecular formula is C5H8N2O. The van der Waals surface area contributed by atoms with E-state index in [1.165, 1.54) is 6.20 Å². The van der Waals surface area contributed by atoms with Gasteiger partial charge in [-0.1, -0.05) is 13.2 Å². The maximum Gasteiger partial charge on any atom is 0.264 e. The molecule has 0 aliphatic carbocycles. The molecule has 0 rings (SSSR count). The Hall–Kier alpha value is -1.25. The van der Waals surface area contributed by atoms with Crippen molar-refractivity contribution in [2.45, 2.75) is 0 Å². The Morgan fingerprint density at radius 3 is 2.38 bits per heavy atom. The first-order valence-electron chi connectivity index (χ1n) is 2.04. The standard InChI is InChI=1S/C5H8N2O/c1-3-7-4(2)5(6)8/h3,7H,1-2H2,(H2,6,8). The molecule has 0 spiro atoms. The van der Waals surface area contributed by atoms with Gasteiger partial charge in [0, 0.05) is 0 Å². The zero-order valence-corrected chi connectivity index (χ0v) is 4.48. The number of hydrogen-bond donors (Lipinski definition) is 2. The lowest BCUT2D eigenvalue weighted by Gasteiger charge is -1.95. The van der Waals surface area contributed by atoms with Crippen molar-refractivity contribution in [2.75, 3.05) is 0 Å². The number of primary amides is 1. The van der Waals surface area contributed by atoms with Crippen molar-refractivity contribution >= 4 is 5.91 Å². The highest BCUT2D eigenvalue weighted by molar-refractivity contribution is 5.90. The third-order valence-corrected chi connectivity index (χ3v) is 0.574. The van der Waals surface area contributed by atoms with E-state index < -0.39 is 5.91 Å². The molecule has 0 aromatic heterocycles. The van der Waals surface area contributed by atoms with E-state index in [2.05, 4.69) is 18.5 Å². The second-order valence-electron chi connectivity index (χ2n) is 1.19. The molecule has 1 amide bonds. The van der Waals surface area contributed by atoms with Gasteiger partial charge in [0.15, 0.2) is 0 Å². The summed E-state index contributed by atoms with van der Waals surface area (Å²) >= 11 is 0. The van der Waals surface area contributed by atoms with E-state index in [1.807, 2.05) is 0 Å². The number of nitrogens with one attached hydrogen (secondary N) is 1. The average Bonchev–Trinajstić information content (AvgIpc) is 1.67.